The van der Waals surface area contributed by atoms with Crippen molar-refractivity contribution in [3.05, 3.63) is 89.6 Å². The first-order valence-electron chi connectivity index (χ1n) is 10.8. The molecule has 0 aliphatic carbocycles. The molecule has 1 amide bonds. The molecular formula is C25H25F3N4O3S. The van der Waals surface area contributed by atoms with Crippen molar-refractivity contribution in [3.8, 4) is 0 Å². The normalized spacial score (nSPS) is 12.8. The van der Waals surface area contributed by atoms with E-state index in [1.165, 1.54) is 23.1 Å². The molecule has 36 heavy (non-hydrogen) atoms. The lowest BCUT2D eigenvalue weighted by Crippen LogP contribution is -2.24. The van der Waals surface area contributed by atoms with Crippen LogP contribution in [0.4, 0.5) is 30.4 Å². The van der Waals surface area contributed by atoms with Crippen molar-refractivity contribution in [2.75, 3.05) is 22.9 Å². The van der Waals surface area contributed by atoms with E-state index in [1.807, 2.05) is 0 Å². The number of aromatic nitrogens is 1. The number of nitrogens with zero attached hydrogens (tertiary/aromatic N) is 2. The summed E-state index contributed by atoms with van der Waals surface area (Å²) in [6.45, 7) is 1.75. The van der Waals surface area contributed by atoms with Gasteiger partial charge in [0.2, 0.25) is 15.9 Å². The van der Waals surface area contributed by atoms with Crippen LogP contribution in [0.15, 0.2) is 72.8 Å². The Kier molecular flexibility index (Phi) is 8.03. The fraction of sp³-hybridized carbons (Fsp3) is 0.200. The molecule has 2 N–H and O–H groups in total. The van der Waals surface area contributed by atoms with E-state index in [0.29, 0.717) is 16.9 Å². The van der Waals surface area contributed by atoms with E-state index in [9.17, 15) is 26.4 Å². The first kappa shape index (κ1) is 26.7. The summed E-state index contributed by atoms with van der Waals surface area (Å²) in [7, 11) is -1.80. The summed E-state index contributed by atoms with van der Waals surface area (Å²) >= 11 is 0. The van der Waals surface area contributed by atoms with E-state index in [1.54, 1.807) is 68.6 Å². The molecule has 0 bridgehead atoms. The molecule has 0 radical (unpaired) electrons. The fourth-order valence-electron chi connectivity index (χ4n) is 3.35. The second-order valence-electron chi connectivity index (χ2n) is 8.06. The number of alkyl halides is 3. The van der Waals surface area contributed by atoms with Gasteiger partial charge in [-0.1, -0.05) is 30.3 Å². The van der Waals surface area contributed by atoms with Crippen molar-refractivity contribution in [1.82, 2.24) is 10.3 Å². The highest BCUT2D eigenvalue weighted by atomic mass is 32.2. The van der Waals surface area contributed by atoms with Crippen LogP contribution in [0.5, 0.6) is 0 Å². The summed E-state index contributed by atoms with van der Waals surface area (Å²) < 4.78 is 64.9. The predicted octanol–water partition coefficient (Wildman–Crippen LogP) is 5.13. The first-order valence-corrected chi connectivity index (χ1v) is 12.7. The fourth-order valence-corrected chi connectivity index (χ4v) is 3.92. The molecule has 0 fully saturated rings. The van der Waals surface area contributed by atoms with E-state index < -0.39 is 33.8 Å². The third kappa shape index (κ3) is 7.32. The molecule has 0 spiro atoms. The summed E-state index contributed by atoms with van der Waals surface area (Å²) in [5.74, 6) is -0.420. The number of amides is 1. The van der Waals surface area contributed by atoms with Gasteiger partial charge in [-0.05, 0) is 55.0 Å². The van der Waals surface area contributed by atoms with Crippen molar-refractivity contribution in [1.29, 1.82) is 0 Å². The Bertz CT molecular complexity index is 1340. The van der Waals surface area contributed by atoms with Gasteiger partial charge in [0.25, 0.3) is 0 Å². The lowest BCUT2D eigenvalue weighted by atomic mass is 10.1. The Labute approximate surface area is 207 Å². The number of carbonyl (C=O) groups is 1. The summed E-state index contributed by atoms with van der Waals surface area (Å²) in [6, 6.07) is 17.0. The van der Waals surface area contributed by atoms with Crippen molar-refractivity contribution in [2.45, 2.75) is 19.1 Å². The Morgan fingerprint density at radius 3 is 2.25 bits per heavy atom. The highest BCUT2D eigenvalue weighted by Gasteiger charge is 2.33. The van der Waals surface area contributed by atoms with Gasteiger partial charge in [-0.25, -0.2) is 13.4 Å². The minimum Gasteiger partial charge on any atom is -0.346 e. The number of sulfonamides is 1. The van der Waals surface area contributed by atoms with Gasteiger partial charge in [0.05, 0.1) is 12.3 Å². The van der Waals surface area contributed by atoms with Gasteiger partial charge in [-0.3, -0.25) is 9.52 Å². The lowest BCUT2D eigenvalue weighted by Gasteiger charge is -2.21. The molecular weight excluding hydrogens is 493 g/mol. The van der Waals surface area contributed by atoms with Crippen molar-refractivity contribution >= 4 is 39.2 Å². The van der Waals surface area contributed by atoms with E-state index >= 15 is 0 Å². The van der Waals surface area contributed by atoms with E-state index in [4.69, 9.17) is 0 Å². The standard InChI is InChI=1S/C25H25F3N4O3S/c1-17(18-9-13-20(14-10-18)31-36(3,34)35)29-23(33)16-12-19-11-15-22(25(26,27)28)30-24(19)32(2)21-7-5-4-6-8-21/h4-17,31H,1-3H3,(H,29,33). The van der Waals surface area contributed by atoms with Crippen LogP contribution in [0.1, 0.15) is 29.8 Å². The molecule has 0 saturated heterocycles. The summed E-state index contributed by atoms with van der Waals surface area (Å²) in [5.41, 5.74) is 1.05. The van der Waals surface area contributed by atoms with Crippen molar-refractivity contribution in [2.24, 2.45) is 0 Å². The van der Waals surface area contributed by atoms with Gasteiger partial charge in [0.15, 0.2) is 0 Å². The number of benzene rings is 2. The molecule has 3 rings (SSSR count). The van der Waals surface area contributed by atoms with Crippen LogP contribution < -0.4 is 14.9 Å². The quantitative estimate of drug-likeness (QED) is 0.404. The number of halogens is 3. The average molecular weight is 519 g/mol. The lowest BCUT2D eigenvalue weighted by molar-refractivity contribution is -0.141. The summed E-state index contributed by atoms with van der Waals surface area (Å²) in [5, 5.41) is 2.77. The zero-order valence-corrected chi connectivity index (χ0v) is 20.6. The number of para-hydroxylation sites is 1. The number of hydrogen-bond donors (Lipinski definition) is 2. The zero-order chi connectivity index (χ0) is 26.5. The number of nitrogens with one attached hydrogen (secondary N) is 2. The Balaban J connectivity index is 1.78. The molecule has 1 unspecified atom stereocenters. The number of anilines is 3. The van der Waals surface area contributed by atoms with Crippen molar-refractivity contribution < 1.29 is 26.4 Å². The molecule has 190 valence electrons. The monoisotopic (exact) mass is 518 g/mol. The maximum atomic E-state index is 13.3. The Morgan fingerprint density at radius 1 is 1.03 bits per heavy atom. The van der Waals surface area contributed by atoms with Crippen LogP contribution in [0.25, 0.3) is 6.08 Å². The van der Waals surface area contributed by atoms with E-state index in [0.717, 1.165) is 17.9 Å². The minimum absolute atomic E-state index is 0.0436. The molecule has 7 nitrogen and oxygen atoms in total. The third-order valence-electron chi connectivity index (χ3n) is 5.14. The summed E-state index contributed by atoms with van der Waals surface area (Å²) in [6.07, 6.45) is -0.940. The first-order chi connectivity index (χ1) is 16.8. The second-order valence-corrected chi connectivity index (χ2v) is 9.81. The minimum atomic E-state index is -4.62. The van der Waals surface area contributed by atoms with Crippen LogP contribution in [-0.2, 0) is 21.0 Å². The van der Waals surface area contributed by atoms with Gasteiger partial charge in [0, 0.05) is 30.1 Å². The second kappa shape index (κ2) is 10.8. The van der Waals surface area contributed by atoms with Crippen LogP contribution in [0.2, 0.25) is 0 Å². The van der Waals surface area contributed by atoms with Gasteiger partial charge in [0.1, 0.15) is 11.5 Å². The molecule has 0 aliphatic heterocycles. The van der Waals surface area contributed by atoms with Gasteiger partial charge in [-0.15, -0.1) is 0 Å². The molecule has 0 saturated carbocycles. The zero-order valence-electron chi connectivity index (χ0n) is 19.7. The highest BCUT2D eigenvalue weighted by molar-refractivity contribution is 7.92. The molecule has 1 heterocycles. The molecule has 1 atom stereocenters. The van der Waals surface area contributed by atoms with E-state index in [2.05, 4.69) is 15.0 Å². The topological polar surface area (TPSA) is 91.4 Å². The molecule has 3 aromatic rings. The molecule has 0 aliphatic rings. The van der Waals surface area contributed by atoms with Gasteiger partial charge in [-0.2, -0.15) is 13.2 Å². The average Bonchev–Trinajstić information content (AvgIpc) is 2.81. The van der Waals surface area contributed by atoms with Gasteiger partial charge >= 0.3 is 6.18 Å². The number of hydrogen-bond acceptors (Lipinski definition) is 5. The van der Waals surface area contributed by atoms with Crippen LogP contribution >= 0.6 is 0 Å². The number of pyridine rings is 1. The summed E-state index contributed by atoms with van der Waals surface area (Å²) in [4.78, 5) is 17.9. The maximum absolute atomic E-state index is 13.3. The highest BCUT2D eigenvalue weighted by Crippen LogP contribution is 2.33. The van der Waals surface area contributed by atoms with Crippen LogP contribution in [0, 0.1) is 0 Å². The predicted molar refractivity (Wildman–Crippen MR) is 134 cm³/mol. The molecule has 11 heteroatoms. The van der Waals surface area contributed by atoms with Crippen molar-refractivity contribution in [3.63, 3.8) is 0 Å². The van der Waals surface area contributed by atoms with Gasteiger partial charge < -0.3 is 10.2 Å². The maximum Gasteiger partial charge on any atom is 0.433 e. The Hall–Kier alpha value is -3.86. The molecule has 2 aromatic carbocycles. The van der Waals surface area contributed by atoms with E-state index in [-0.39, 0.29) is 5.82 Å². The number of carbonyl (C=O) groups excluding carboxylic acids is 1. The SMILES string of the molecule is CC(NC(=O)C=Cc1ccc(C(F)(F)F)nc1N(C)c1ccccc1)c1ccc(NS(C)(=O)=O)cc1. The smallest absolute Gasteiger partial charge is 0.346 e. The largest absolute Gasteiger partial charge is 0.433 e. The van der Waals surface area contributed by atoms with Crippen LogP contribution in [0.3, 0.4) is 0 Å². The Morgan fingerprint density at radius 2 is 1.67 bits per heavy atom. The number of rotatable bonds is 8. The third-order valence-corrected chi connectivity index (χ3v) is 5.75. The molecule has 1 aromatic heterocycles. The van der Waals surface area contributed by atoms with Crippen LogP contribution in [-0.4, -0.2) is 32.6 Å².